The molecule has 4 rings (SSSR count). The van der Waals surface area contributed by atoms with Crippen LogP contribution in [0.15, 0.2) is 12.1 Å². The molecule has 0 aromatic heterocycles. The van der Waals surface area contributed by atoms with Gasteiger partial charge in [0, 0.05) is 50.2 Å². The first kappa shape index (κ1) is 30.5. The van der Waals surface area contributed by atoms with Crippen molar-refractivity contribution < 1.29 is 37.7 Å². The molecule has 224 valence electrons. The number of hydrogen-bond acceptors (Lipinski definition) is 9. The van der Waals surface area contributed by atoms with E-state index in [0.29, 0.717) is 68.2 Å². The molecule has 2 saturated heterocycles. The number of carboxylic acids is 1. The van der Waals surface area contributed by atoms with E-state index in [1.165, 1.54) is 4.31 Å². The second-order valence-corrected chi connectivity index (χ2v) is 12.9. The number of fused-ring (bicyclic) bond motifs is 1. The number of aliphatic hydroxyl groups excluding tert-OH is 1. The van der Waals surface area contributed by atoms with Gasteiger partial charge >= 0.3 is 5.97 Å². The van der Waals surface area contributed by atoms with Crippen molar-refractivity contribution in [3.63, 3.8) is 0 Å². The van der Waals surface area contributed by atoms with E-state index in [1.54, 1.807) is 17.0 Å². The highest BCUT2D eigenvalue weighted by Gasteiger charge is 2.48. The molecule has 40 heavy (non-hydrogen) atoms. The minimum Gasteiger partial charge on any atom is -0.481 e. The third-order valence-corrected chi connectivity index (χ3v) is 10.1. The molecule has 3 heterocycles. The Balaban J connectivity index is 1.63. The van der Waals surface area contributed by atoms with Gasteiger partial charge in [0.15, 0.2) is 11.5 Å². The molecule has 13 heteroatoms. The number of unbranched alkanes of at least 4 members (excludes halogenated alkanes) is 1. The van der Waals surface area contributed by atoms with Gasteiger partial charge in [0.05, 0.1) is 24.8 Å². The second-order valence-electron chi connectivity index (χ2n) is 10.8. The molecule has 12 nitrogen and oxygen atoms in total. The highest BCUT2D eigenvalue weighted by molar-refractivity contribution is 7.89. The van der Waals surface area contributed by atoms with E-state index in [2.05, 4.69) is 6.92 Å². The third kappa shape index (κ3) is 6.71. The van der Waals surface area contributed by atoms with Gasteiger partial charge in [0.2, 0.25) is 22.7 Å². The summed E-state index contributed by atoms with van der Waals surface area (Å²) in [6, 6.07) is 2.94. The van der Waals surface area contributed by atoms with Gasteiger partial charge in [-0.25, -0.2) is 12.7 Å². The Hall–Kier alpha value is -2.45. The molecule has 4 N–H and O–H groups in total. The van der Waals surface area contributed by atoms with Crippen LogP contribution in [0.25, 0.3) is 0 Å². The van der Waals surface area contributed by atoms with Crippen LogP contribution in [0, 0.1) is 5.92 Å². The number of carbonyl (C=O) groups excluding carboxylic acids is 1. The number of carboxylic acid groups (broad SMARTS) is 1. The molecule has 0 bridgehead atoms. The van der Waals surface area contributed by atoms with Crippen molar-refractivity contribution in [2.24, 2.45) is 11.7 Å². The maximum Gasteiger partial charge on any atom is 0.308 e. The fourth-order valence-electron chi connectivity index (χ4n) is 6.11. The Morgan fingerprint density at radius 1 is 1.20 bits per heavy atom. The summed E-state index contributed by atoms with van der Waals surface area (Å²) < 4.78 is 37.4. The molecule has 3 aliphatic heterocycles. The van der Waals surface area contributed by atoms with Crippen molar-refractivity contribution in [1.29, 1.82) is 0 Å². The molecule has 1 amide bonds. The first-order valence-electron chi connectivity index (χ1n) is 14.2. The summed E-state index contributed by atoms with van der Waals surface area (Å²) in [5, 5.41) is 20.4. The number of sulfonamides is 1. The van der Waals surface area contributed by atoms with Crippen molar-refractivity contribution in [3.8, 4) is 11.5 Å². The van der Waals surface area contributed by atoms with E-state index < -0.39 is 33.9 Å². The minimum atomic E-state index is -3.35. The Morgan fingerprint density at radius 2 is 1.98 bits per heavy atom. The van der Waals surface area contributed by atoms with E-state index in [4.69, 9.17) is 15.2 Å². The zero-order chi connectivity index (χ0) is 28.9. The monoisotopic (exact) mass is 582 g/mol. The number of nitrogens with two attached hydrogens (primary N) is 1. The predicted molar refractivity (Wildman–Crippen MR) is 147 cm³/mol. The standard InChI is InChI=1S/C27H42N4O8S/c1-2-3-8-29(9-4-7-28)24(33)16-30-15-21(19-13-20(17-32)26-23(14-19)38-18-39-26)25(27(34)35)22(30)6-11-31-10-5-12-40(31,36)37/h13-14,21-22,25,32H,2-12,15-18,28H2,1H3,(H,34,35)/t21-,22+,25-/m1/s1. The van der Waals surface area contributed by atoms with Crippen LogP contribution in [-0.4, -0.2) is 109 Å². The Kier molecular flexibility index (Phi) is 10.3. The number of amides is 1. The smallest absolute Gasteiger partial charge is 0.308 e. The Morgan fingerprint density at radius 3 is 2.62 bits per heavy atom. The summed E-state index contributed by atoms with van der Waals surface area (Å²) in [6.07, 6.45) is 3.30. The molecule has 0 unspecified atom stereocenters. The second kappa shape index (κ2) is 13.5. The molecule has 0 aliphatic carbocycles. The molecular formula is C27H42N4O8S. The van der Waals surface area contributed by atoms with E-state index >= 15 is 0 Å². The number of nitrogens with zero attached hydrogens (tertiary/aromatic N) is 3. The summed E-state index contributed by atoms with van der Waals surface area (Å²) in [4.78, 5) is 30.0. The zero-order valence-electron chi connectivity index (χ0n) is 23.2. The van der Waals surface area contributed by atoms with Crippen LogP contribution in [-0.2, 0) is 26.2 Å². The van der Waals surface area contributed by atoms with Crippen molar-refractivity contribution >= 4 is 21.9 Å². The van der Waals surface area contributed by atoms with Crippen molar-refractivity contribution in [1.82, 2.24) is 14.1 Å². The molecular weight excluding hydrogens is 540 g/mol. The number of likely N-dealkylation sites (tertiary alicyclic amines) is 1. The number of rotatable bonds is 14. The van der Waals surface area contributed by atoms with E-state index in [0.717, 1.165) is 12.8 Å². The molecule has 3 atom stereocenters. The van der Waals surface area contributed by atoms with Gasteiger partial charge in [0.1, 0.15) is 0 Å². The molecule has 2 fully saturated rings. The molecule has 1 aromatic rings. The number of aliphatic hydroxyl groups is 1. The summed E-state index contributed by atoms with van der Waals surface area (Å²) in [6.45, 7) is 4.33. The van der Waals surface area contributed by atoms with Crippen molar-refractivity contribution in [3.05, 3.63) is 23.3 Å². The van der Waals surface area contributed by atoms with Crippen LogP contribution >= 0.6 is 0 Å². The number of benzene rings is 1. The molecule has 0 radical (unpaired) electrons. The van der Waals surface area contributed by atoms with Gasteiger partial charge in [-0.2, -0.15) is 0 Å². The lowest BCUT2D eigenvalue weighted by molar-refractivity contribution is -0.143. The van der Waals surface area contributed by atoms with Gasteiger partial charge < -0.3 is 30.3 Å². The van der Waals surface area contributed by atoms with Crippen LogP contribution in [0.4, 0.5) is 0 Å². The quantitative estimate of drug-likeness (QED) is 0.286. The van der Waals surface area contributed by atoms with Crippen LogP contribution in [0.2, 0.25) is 0 Å². The van der Waals surface area contributed by atoms with Gasteiger partial charge in [0.25, 0.3) is 0 Å². The minimum absolute atomic E-state index is 0.0166. The summed E-state index contributed by atoms with van der Waals surface area (Å²) in [5.41, 5.74) is 6.90. The van der Waals surface area contributed by atoms with Crippen molar-refractivity contribution in [2.75, 3.05) is 58.4 Å². The van der Waals surface area contributed by atoms with Gasteiger partial charge in [-0.05, 0) is 49.9 Å². The molecule has 1 aromatic carbocycles. The topological polar surface area (TPSA) is 163 Å². The maximum atomic E-state index is 13.5. The number of hydrogen-bond donors (Lipinski definition) is 3. The largest absolute Gasteiger partial charge is 0.481 e. The molecule has 3 aliphatic rings. The first-order valence-corrected chi connectivity index (χ1v) is 15.8. The molecule has 0 saturated carbocycles. The highest BCUT2D eigenvalue weighted by Crippen LogP contribution is 2.44. The average Bonchev–Trinajstić information content (AvgIpc) is 3.63. The van der Waals surface area contributed by atoms with E-state index in [9.17, 15) is 28.2 Å². The van der Waals surface area contributed by atoms with Crippen LogP contribution in [0.5, 0.6) is 11.5 Å². The normalized spacial score (nSPS) is 24.0. The fourth-order valence-corrected chi connectivity index (χ4v) is 7.66. The van der Waals surface area contributed by atoms with Gasteiger partial charge in [-0.1, -0.05) is 13.3 Å². The lowest BCUT2D eigenvalue weighted by Crippen LogP contribution is -2.46. The summed E-state index contributed by atoms with van der Waals surface area (Å²) >= 11 is 0. The predicted octanol–water partition coefficient (Wildman–Crippen LogP) is 0.779. The Labute approximate surface area is 236 Å². The van der Waals surface area contributed by atoms with Gasteiger partial charge in [-0.3, -0.25) is 14.5 Å². The summed E-state index contributed by atoms with van der Waals surface area (Å²) in [7, 11) is -3.35. The zero-order valence-corrected chi connectivity index (χ0v) is 24.0. The van der Waals surface area contributed by atoms with Crippen LogP contribution in [0.3, 0.4) is 0 Å². The number of carbonyl (C=O) groups is 2. The van der Waals surface area contributed by atoms with E-state index in [1.807, 2.05) is 4.90 Å². The molecule has 0 spiro atoms. The summed E-state index contributed by atoms with van der Waals surface area (Å²) in [5.74, 6) is -1.50. The highest BCUT2D eigenvalue weighted by atomic mass is 32.2. The maximum absolute atomic E-state index is 13.5. The Bertz CT molecular complexity index is 1160. The lowest BCUT2D eigenvalue weighted by Gasteiger charge is -2.30. The number of ether oxygens (including phenoxy) is 2. The van der Waals surface area contributed by atoms with Crippen molar-refractivity contribution in [2.45, 2.75) is 57.6 Å². The fraction of sp³-hybridized carbons (Fsp3) is 0.704. The SMILES string of the molecule is CCCCN(CCCN)C(=O)CN1C[C@H](c2cc(CO)c3c(c2)OCO3)[C@@H](C(=O)O)[C@@H]1CCN1CCCS1(=O)=O. The average molecular weight is 583 g/mol. The lowest BCUT2D eigenvalue weighted by atomic mass is 9.83. The van der Waals surface area contributed by atoms with E-state index in [-0.39, 0.29) is 44.6 Å². The third-order valence-electron chi connectivity index (χ3n) is 8.19. The number of aliphatic carboxylic acids is 1. The first-order chi connectivity index (χ1) is 19.2. The van der Waals surface area contributed by atoms with Crippen LogP contribution in [0.1, 0.15) is 56.1 Å². The van der Waals surface area contributed by atoms with Gasteiger partial charge in [-0.15, -0.1) is 0 Å². The van der Waals surface area contributed by atoms with Crippen LogP contribution < -0.4 is 15.2 Å².